The van der Waals surface area contributed by atoms with Crippen LogP contribution in [0.25, 0.3) is 0 Å². The van der Waals surface area contributed by atoms with Gasteiger partial charge in [0.2, 0.25) is 5.91 Å². The molecule has 5 heteroatoms. The van der Waals surface area contributed by atoms with Gasteiger partial charge in [-0.2, -0.15) is 0 Å². The number of methoxy groups -OCH3 is 1. The molecule has 0 aromatic heterocycles. The SMILES string of the molecule is CCC1(C(=O)Nc2cccc(C(=O)OC)c2)CCNCC1. The Kier molecular flexibility index (Phi) is 4.96. The van der Waals surface area contributed by atoms with Crippen LogP contribution in [0.15, 0.2) is 24.3 Å². The number of benzene rings is 1. The van der Waals surface area contributed by atoms with Crippen LogP contribution in [-0.4, -0.2) is 32.1 Å². The number of esters is 1. The number of anilines is 1. The molecule has 1 heterocycles. The van der Waals surface area contributed by atoms with Crippen molar-refractivity contribution in [2.24, 2.45) is 5.41 Å². The minimum Gasteiger partial charge on any atom is -0.465 e. The summed E-state index contributed by atoms with van der Waals surface area (Å²) >= 11 is 0. The van der Waals surface area contributed by atoms with E-state index in [9.17, 15) is 9.59 Å². The van der Waals surface area contributed by atoms with Gasteiger partial charge in [0, 0.05) is 5.69 Å². The quantitative estimate of drug-likeness (QED) is 0.834. The summed E-state index contributed by atoms with van der Waals surface area (Å²) in [6.45, 7) is 3.78. The lowest BCUT2D eigenvalue weighted by atomic mass is 9.76. The minimum absolute atomic E-state index is 0.0357. The van der Waals surface area contributed by atoms with Gasteiger partial charge in [0.25, 0.3) is 0 Å². The molecule has 1 fully saturated rings. The number of amides is 1. The molecule has 5 nitrogen and oxygen atoms in total. The molecule has 0 atom stereocenters. The van der Waals surface area contributed by atoms with E-state index >= 15 is 0 Å². The number of hydrogen-bond donors (Lipinski definition) is 2. The zero-order chi connectivity index (χ0) is 15.3. The lowest BCUT2D eigenvalue weighted by molar-refractivity contribution is -0.127. The molecular formula is C16H22N2O3. The molecule has 0 spiro atoms. The van der Waals surface area contributed by atoms with Crippen molar-refractivity contribution in [3.63, 3.8) is 0 Å². The van der Waals surface area contributed by atoms with Gasteiger partial charge in [-0.05, 0) is 50.6 Å². The Morgan fingerprint density at radius 1 is 1.33 bits per heavy atom. The monoisotopic (exact) mass is 290 g/mol. The van der Waals surface area contributed by atoms with Gasteiger partial charge in [0.1, 0.15) is 0 Å². The first-order valence-corrected chi connectivity index (χ1v) is 7.32. The highest BCUT2D eigenvalue weighted by Gasteiger charge is 2.37. The molecule has 1 aromatic carbocycles. The maximum Gasteiger partial charge on any atom is 0.337 e. The lowest BCUT2D eigenvalue weighted by Gasteiger charge is -2.35. The Hall–Kier alpha value is -1.88. The molecule has 1 aliphatic rings. The molecule has 2 N–H and O–H groups in total. The van der Waals surface area contributed by atoms with Crippen LogP contribution in [0.4, 0.5) is 5.69 Å². The molecular weight excluding hydrogens is 268 g/mol. The first-order chi connectivity index (χ1) is 10.1. The van der Waals surface area contributed by atoms with Gasteiger partial charge in [0.05, 0.1) is 18.1 Å². The van der Waals surface area contributed by atoms with Crippen LogP contribution < -0.4 is 10.6 Å². The summed E-state index contributed by atoms with van der Waals surface area (Å²) in [4.78, 5) is 24.1. The van der Waals surface area contributed by atoms with Crippen molar-refractivity contribution in [1.82, 2.24) is 5.32 Å². The Balaban J connectivity index is 2.13. The van der Waals surface area contributed by atoms with Crippen molar-refractivity contribution in [1.29, 1.82) is 0 Å². The molecule has 0 unspecified atom stereocenters. The molecule has 1 aromatic rings. The van der Waals surface area contributed by atoms with E-state index in [0.29, 0.717) is 11.3 Å². The van der Waals surface area contributed by atoms with E-state index in [2.05, 4.69) is 17.6 Å². The number of carbonyl (C=O) groups is 2. The first kappa shape index (κ1) is 15.5. The van der Waals surface area contributed by atoms with Gasteiger partial charge in [-0.3, -0.25) is 4.79 Å². The summed E-state index contributed by atoms with van der Waals surface area (Å²) in [6, 6.07) is 6.84. The van der Waals surface area contributed by atoms with Gasteiger partial charge in [0.15, 0.2) is 0 Å². The van der Waals surface area contributed by atoms with Crippen molar-refractivity contribution in [2.45, 2.75) is 26.2 Å². The minimum atomic E-state index is -0.404. The predicted octanol–water partition coefficient (Wildman–Crippen LogP) is 2.19. The third-order valence-corrected chi connectivity index (χ3v) is 4.26. The number of nitrogens with one attached hydrogen (secondary N) is 2. The van der Waals surface area contributed by atoms with Crippen LogP contribution in [0.3, 0.4) is 0 Å². The van der Waals surface area contributed by atoms with Gasteiger partial charge >= 0.3 is 5.97 Å². The highest BCUT2D eigenvalue weighted by atomic mass is 16.5. The van der Waals surface area contributed by atoms with Crippen molar-refractivity contribution in [3.05, 3.63) is 29.8 Å². The topological polar surface area (TPSA) is 67.4 Å². The van der Waals surface area contributed by atoms with E-state index < -0.39 is 5.97 Å². The van der Waals surface area contributed by atoms with Crippen LogP contribution in [-0.2, 0) is 9.53 Å². The van der Waals surface area contributed by atoms with Crippen LogP contribution in [0, 0.1) is 5.41 Å². The Bertz CT molecular complexity index is 522. The summed E-state index contributed by atoms with van der Waals surface area (Å²) in [5.41, 5.74) is 0.757. The largest absolute Gasteiger partial charge is 0.465 e. The van der Waals surface area contributed by atoms with Crippen molar-refractivity contribution in [2.75, 3.05) is 25.5 Å². The van der Waals surface area contributed by atoms with Gasteiger partial charge in [-0.1, -0.05) is 13.0 Å². The summed E-state index contributed by atoms with van der Waals surface area (Å²) < 4.78 is 4.69. The molecule has 114 valence electrons. The third kappa shape index (κ3) is 3.42. The third-order valence-electron chi connectivity index (χ3n) is 4.26. The Morgan fingerprint density at radius 3 is 2.67 bits per heavy atom. The second-order valence-electron chi connectivity index (χ2n) is 5.41. The molecule has 2 rings (SSSR count). The molecule has 21 heavy (non-hydrogen) atoms. The number of rotatable bonds is 4. The average Bonchev–Trinajstić information content (AvgIpc) is 2.54. The smallest absolute Gasteiger partial charge is 0.337 e. The predicted molar refractivity (Wildman–Crippen MR) is 81.2 cm³/mol. The van der Waals surface area contributed by atoms with E-state index in [1.54, 1.807) is 24.3 Å². The number of piperidine rings is 1. The highest BCUT2D eigenvalue weighted by Crippen LogP contribution is 2.33. The standard InChI is InChI=1S/C16H22N2O3/c1-3-16(7-9-17-10-8-16)15(20)18-13-6-4-5-12(11-13)14(19)21-2/h4-6,11,17H,3,7-10H2,1-2H3,(H,18,20). The first-order valence-electron chi connectivity index (χ1n) is 7.32. The van der Waals surface area contributed by atoms with E-state index in [4.69, 9.17) is 4.74 Å². The summed E-state index contributed by atoms with van der Waals surface area (Å²) in [5, 5.41) is 6.23. The van der Waals surface area contributed by atoms with Crippen molar-refractivity contribution < 1.29 is 14.3 Å². The fraction of sp³-hybridized carbons (Fsp3) is 0.500. The molecule has 0 bridgehead atoms. The molecule has 0 aliphatic carbocycles. The average molecular weight is 290 g/mol. The highest BCUT2D eigenvalue weighted by molar-refractivity contribution is 5.97. The van der Waals surface area contributed by atoms with E-state index in [0.717, 1.165) is 32.4 Å². The Morgan fingerprint density at radius 2 is 2.05 bits per heavy atom. The van der Waals surface area contributed by atoms with Gasteiger partial charge < -0.3 is 15.4 Å². The maximum absolute atomic E-state index is 12.6. The molecule has 0 saturated carbocycles. The van der Waals surface area contributed by atoms with E-state index in [-0.39, 0.29) is 11.3 Å². The maximum atomic E-state index is 12.6. The number of ether oxygens (including phenoxy) is 1. The van der Waals surface area contributed by atoms with Crippen LogP contribution in [0.5, 0.6) is 0 Å². The van der Waals surface area contributed by atoms with Crippen LogP contribution in [0.1, 0.15) is 36.5 Å². The second-order valence-corrected chi connectivity index (χ2v) is 5.41. The van der Waals surface area contributed by atoms with Crippen molar-refractivity contribution in [3.8, 4) is 0 Å². The molecule has 1 aliphatic heterocycles. The second kappa shape index (κ2) is 6.72. The number of hydrogen-bond acceptors (Lipinski definition) is 4. The fourth-order valence-corrected chi connectivity index (χ4v) is 2.75. The van der Waals surface area contributed by atoms with Gasteiger partial charge in [-0.25, -0.2) is 4.79 Å². The van der Waals surface area contributed by atoms with E-state index in [1.165, 1.54) is 7.11 Å². The summed E-state index contributed by atoms with van der Waals surface area (Å²) in [5.74, 6) is -0.369. The van der Waals surface area contributed by atoms with Crippen LogP contribution in [0.2, 0.25) is 0 Å². The normalized spacial score (nSPS) is 17.0. The van der Waals surface area contributed by atoms with Crippen molar-refractivity contribution >= 4 is 17.6 Å². The summed E-state index contributed by atoms with van der Waals surface area (Å²) in [7, 11) is 1.34. The zero-order valence-corrected chi connectivity index (χ0v) is 12.6. The summed E-state index contributed by atoms with van der Waals surface area (Å²) in [6.07, 6.45) is 2.50. The Labute approximate surface area is 125 Å². The molecule has 1 saturated heterocycles. The number of carbonyl (C=O) groups excluding carboxylic acids is 2. The zero-order valence-electron chi connectivity index (χ0n) is 12.6. The molecule has 1 amide bonds. The lowest BCUT2D eigenvalue weighted by Crippen LogP contribution is -2.44. The van der Waals surface area contributed by atoms with Gasteiger partial charge in [-0.15, -0.1) is 0 Å². The fourth-order valence-electron chi connectivity index (χ4n) is 2.75. The van der Waals surface area contributed by atoms with E-state index in [1.807, 2.05) is 0 Å². The van der Waals surface area contributed by atoms with Crippen LogP contribution >= 0.6 is 0 Å². The molecule has 0 radical (unpaired) electrons.